The van der Waals surface area contributed by atoms with Gasteiger partial charge in [-0.3, -0.25) is 14.2 Å². The van der Waals surface area contributed by atoms with Gasteiger partial charge >= 0.3 is 0 Å². The highest BCUT2D eigenvalue weighted by Gasteiger charge is 2.38. The molecule has 0 amide bonds. The largest absolute Gasteiger partial charge is 0.290 e. The molecule has 3 aromatic rings. The molecule has 1 aromatic carbocycles. The molecule has 1 N–H and O–H groups in total. The Morgan fingerprint density at radius 1 is 1.12 bits per heavy atom. The van der Waals surface area contributed by atoms with Gasteiger partial charge in [0.25, 0.3) is 5.56 Å². The molecule has 8 heteroatoms. The summed E-state index contributed by atoms with van der Waals surface area (Å²) in [5.74, 6) is 0.188. The Kier molecular flexibility index (Phi) is 4.89. The van der Waals surface area contributed by atoms with Gasteiger partial charge in [-0.1, -0.05) is 48.9 Å². The van der Waals surface area contributed by atoms with Crippen molar-refractivity contribution < 1.29 is 8.42 Å². The smallest absolute Gasteiger partial charge is 0.275 e. The summed E-state index contributed by atoms with van der Waals surface area (Å²) in [5, 5.41) is 2.52. The maximum absolute atomic E-state index is 13.7. The van der Waals surface area contributed by atoms with E-state index in [1.165, 1.54) is 8.99 Å². The van der Waals surface area contributed by atoms with Gasteiger partial charge < -0.3 is 0 Å². The Balaban J connectivity index is 1.63. The van der Waals surface area contributed by atoms with Crippen LogP contribution in [0.4, 0.5) is 5.82 Å². The highest BCUT2D eigenvalue weighted by Crippen LogP contribution is 2.36. The number of allylic oxidation sites excluding steroid dienone is 3. The second-order valence-electron chi connectivity index (χ2n) is 8.28. The summed E-state index contributed by atoms with van der Waals surface area (Å²) >= 11 is 0. The molecule has 7 nitrogen and oxygen atoms in total. The zero-order valence-corrected chi connectivity index (χ0v) is 18.7. The van der Waals surface area contributed by atoms with Crippen molar-refractivity contribution in [1.29, 1.82) is 0 Å². The molecule has 1 aliphatic carbocycles. The van der Waals surface area contributed by atoms with Crippen molar-refractivity contribution >= 4 is 15.8 Å². The minimum atomic E-state index is -3.75. The fourth-order valence-electron chi connectivity index (χ4n) is 4.55. The molecule has 0 saturated carbocycles. The Bertz CT molecular complexity index is 1400. The number of pyridine rings is 1. The average molecular weight is 449 g/mol. The Morgan fingerprint density at radius 2 is 1.91 bits per heavy atom. The van der Waals surface area contributed by atoms with Crippen LogP contribution in [0.15, 0.2) is 77.3 Å². The van der Waals surface area contributed by atoms with Gasteiger partial charge in [-0.05, 0) is 43.5 Å². The first-order chi connectivity index (χ1) is 15.4. The van der Waals surface area contributed by atoms with E-state index in [0.717, 1.165) is 11.3 Å². The van der Waals surface area contributed by atoms with Crippen LogP contribution in [0.1, 0.15) is 19.4 Å². The van der Waals surface area contributed by atoms with E-state index < -0.39 is 15.3 Å². The Labute approximate surface area is 186 Å². The van der Waals surface area contributed by atoms with Gasteiger partial charge in [-0.2, -0.15) is 0 Å². The van der Waals surface area contributed by atoms with Crippen molar-refractivity contribution in [3.05, 3.63) is 88.4 Å². The van der Waals surface area contributed by atoms with Crippen molar-refractivity contribution in [1.82, 2.24) is 14.8 Å². The lowest BCUT2D eigenvalue weighted by atomic mass is 9.98. The van der Waals surface area contributed by atoms with Crippen LogP contribution in [0.3, 0.4) is 0 Å². The van der Waals surface area contributed by atoms with Gasteiger partial charge in [0.15, 0.2) is 5.82 Å². The van der Waals surface area contributed by atoms with E-state index in [1.807, 2.05) is 62.4 Å². The van der Waals surface area contributed by atoms with Gasteiger partial charge in [0, 0.05) is 23.9 Å². The van der Waals surface area contributed by atoms with Crippen molar-refractivity contribution in [2.45, 2.75) is 25.5 Å². The summed E-state index contributed by atoms with van der Waals surface area (Å²) in [5.41, 5.74) is 3.38. The lowest BCUT2D eigenvalue weighted by Gasteiger charge is -2.30. The monoisotopic (exact) mass is 448 g/mol. The number of nitrogens with zero attached hydrogens (tertiary/aromatic N) is 3. The molecular weight excluding hydrogens is 424 g/mol. The predicted octanol–water partition coefficient (Wildman–Crippen LogP) is 3.44. The SMILES string of the molecule is CC1=CC(C)C(S(=O)(=O)N2CCc3c([nH]n(-c4ccccc4)c3=O)-c3cccnc32)C=C1. The minimum Gasteiger partial charge on any atom is -0.290 e. The first-order valence-electron chi connectivity index (χ1n) is 10.6. The van der Waals surface area contributed by atoms with Crippen molar-refractivity contribution in [2.75, 3.05) is 10.8 Å². The first-order valence-corrected chi connectivity index (χ1v) is 12.1. The van der Waals surface area contributed by atoms with E-state index in [-0.39, 0.29) is 18.0 Å². The van der Waals surface area contributed by atoms with Crippen LogP contribution >= 0.6 is 0 Å². The number of aromatic amines is 1. The number of para-hydroxylation sites is 1. The van der Waals surface area contributed by atoms with E-state index in [0.29, 0.717) is 29.1 Å². The minimum absolute atomic E-state index is 0.154. The zero-order valence-electron chi connectivity index (χ0n) is 17.9. The normalized spacial score (nSPS) is 20.3. The van der Waals surface area contributed by atoms with Crippen molar-refractivity contribution in [2.24, 2.45) is 5.92 Å². The maximum atomic E-state index is 13.7. The molecule has 0 radical (unpaired) electrons. The molecule has 0 bridgehead atoms. The quantitative estimate of drug-likeness (QED) is 0.665. The number of hydrogen-bond donors (Lipinski definition) is 1. The fraction of sp³-hybridized carbons (Fsp3) is 0.250. The van der Waals surface area contributed by atoms with Crippen LogP contribution in [-0.2, 0) is 16.4 Å². The fourth-order valence-corrected chi connectivity index (χ4v) is 6.47. The van der Waals surface area contributed by atoms with Gasteiger partial charge in [0.1, 0.15) is 5.25 Å². The molecule has 0 spiro atoms. The van der Waals surface area contributed by atoms with Gasteiger partial charge in [0.2, 0.25) is 10.0 Å². The number of aromatic nitrogens is 3. The third kappa shape index (κ3) is 3.22. The summed E-state index contributed by atoms with van der Waals surface area (Å²) in [6, 6.07) is 12.9. The molecule has 164 valence electrons. The van der Waals surface area contributed by atoms with Gasteiger partial charge in [-0.15, -0.1) is 0 Å². The standard InChI is InChI=1S/C24H24N4O3S/c1-16-10-11-21(17(2)15-16)32(30,31)27-14-12-20-22(19-9-6-13-25-23(19)27)26-28(24(20)29)18-7-4-3-5-8-18/h3-11,13,15,17,21,26H,12,14H2,1-2H3. The van der Waals surface area contributed by atoms with E-state index in [2.05, 4.69) is 10.1 Å². The van der Waals surface area contributed by atoms with E-state index in [4.69, 9.17) is 0 Å². The summed E-state index contributed by atoms with van der Waals surface area (Å²) in [4.78, 5) is 17.7. The number of sulfonamides is 1. The number of rotatable bonds is 3. The maximum Gasteiger partial charge on any atom is 0.275 e. The average Bonchev–Trinajstić information content (AvgIpc) is 3.00. The van der Waals surface area contributed by atoms with Crippen molar-refractivity contribution in [3.63, 3.8) is 0 Å². The second-order valence-corrected chi connectivity index (χ2v) is 10.3. The molecule has 5 rings (SSSR count). The number of nitrogens with one attached hydrogen (secondary N) is 1. The van der Waals surface area contributed by atoms with Gasteiger partial charge in [-0.25, -0.2) is 18.1 Å². The molecule has 2 atom stereocenters. The second kappa shape index (κ2) is 7.63. The molecule has 3 heterocycles. The molecule has 1 aliphatic heterocycles. The van der Waals surface area contributed by atoms with E-state index in [9.17, 15) is 13.2 Å². The van der Waals surface area contributed by atoms with Crippen LogP contribution in [0.5, 0.6) is 0 Å². The molecule has 2 aliphatic rings. The number of benzene rings is 1. The molecule has 0 fully saturated rings. The van der Waals surface area contributed by atoms with Crippen molar-refractivity contribution in [3.8, 4) is 16.9 Å². The zero-order chi connectivity index (χ0) is 22.5. The summed E-state index contributed by atoms with van der Waals surface area (Å²) in [7, 11) is -3.75. The Morgan fingerprint density at radius 3 is 2.66 bits per heavy atom. The first kappa shape index (κ1) is 20.5. The molecule has 32 heavy (non-hydrogen) atoms. The summed E-state index contributed by atoms with van der Waals surface area (Å²) < 4.78 is 30.3. The van der Waals surface area contributed by atoms with Gasteiger partial charge in [0.05, 0.1) is 11.4 Å². The summed E-state index contributed by atoms with van der Waals surface area (Å²) in [6.45, 7) is 4.03. The third-order valence-corrected chi connectivity index (χ3v) is 8.35. The van der Waals surface area contributed by atoms with Crippen LogP contribution in [0.2, 0.25) is 0 Å². The van der Waals surface area contributed by atoms with Crippen LogP contribution in [0, 0.1) is 5.92 Å². The summed E-state index contributed by atoms with van der Waals surface area (Å²) in [6.07, 6.45) is 7.45. The topological polar surface area (TPSA) is 88.1 Å². The Hall–Kier alpha value is -3.39. The third-order valence-electron chi connectivity index (χ3n) is 6.10. The highest BCUT2D eigenvalue weighted by atomic mass is 32.2. The number of anilines is 1. The van der Waals surface area contributed by atoms with E-state index >= 15 is 0 Å². The molecule has 2 unspecified atom stereocenters. The van der Waals surface area contributed by atoms with Crippen LogP contribution < -0.4 is 9.86 Å². The lowest BCUT2D eigenvalue weighted by Crippen LogP contribution is -2.42. The predicted molar refractivity (Wildman–Crippen MR) is 125 cm³/mol. The molecule has 2 aromatic heterocycles. The number of H-pyrrole nitrogens is 1. The van der Waals surface area contributed by atoms with Crippen LogP contribution in [-0.4, -0.2) is 35.0 Å². The highest BCUT2D eigenvalue weighted by molar-refractivity contribution is 7.93. The van der Waals surface area contributed by atoms with E-state index in [1.54, 1.807) is 18.3 Å². The molecular formula is C24H24N4O3S. The number of fused-ring (bicyclic) bond motifs is 3. The van der Waals surface area contributed by atoms with Crippen LogP contribution in [0.25, 0.3) is 16.9 Å². The molecule has 0 saturated heterocycles. The number of hydrogen-bond acceptors (Lipinski definition) is 4. The lowest BCUT2D eigenvalue weighted by molar-refractivity contribution is 0.566.